The van der Waals surface area contributed by atoms with Gasteiger partial charge in [-0.2, -0.15) is 0 Å². The number of aromatic nitrogens is 2. The van der Waals surface area contributed by atoms with Gasteiger partial charge in [0.1, 0.15) is 5.60 Å². The lowest BCUT2D eigenvalue weighted by molar-refractivity contribution is -0.0931. The first-order chi connectivity index (χ1) is 9.41. The van der Waals surface area contributed by atoms with E-state index in [1.165, 1.54) is 19.4 Å². The average molecular weight is 282 g/mol. The van der Waals surface area contributed by atoms with Crippen molar-refractivity contribution in [2.24, 2.45) is 5.92 Å². The first kappa shape index (κ1) is 14.7. The van der Waals surface area contributed by atoms with Gasteiger partial charge in [-0.15, -0.1) is 6.58 Å². The Hall–Kier alpha value is -1.70. The molecule has 0 unspecified atom stereocenters. The number of nitrogens with zero attached hydrogens (tertiary/aromatic N) is 1. The van der Waals surface area contributed by atoms with Gasteiger partial charge in [0, 0.05) is 25.3 Å². The molecule has 110 valence electrons. The van der Waals surface area contributed by atoms with Crippen molar-refractivity contribution in [3.63, 3.8) is 0 Å². The molecule has 0 bridgehead atoms. The number of ether oxygens (including phenoxy) is 2. The van der Waals surface area contributed by atoms with Gasteiger partial charge in [0.25, 0.3) is 5.56 Å². The Morgan fingerprint density at radius 3 is 2.90 bits per heavy atom. The fraction of sp³-hybridized carbons (Fsp3) is 0.538. The summed E-state index contributed by atoms with van der Waals surface area (Å²) >= 11 is 0. The number of rotatable bonds is 4. The van der Waals surface area contributed by atoms with Crippen LogP contribution in [0.3, 0.4) is 0 Å². The van der Waals surface area contributed by atoms with Gasteiger partial charge in [0.2, 0.25) is 0 Å². The fourth-order valence-electron chi connectivity index (χ4n) is 2.59. The molecule has 1 fully saturated rings. The van der Waals surface area contributed by atoms with Gasteiger partial charge in [0.05, 0.1) is 12.7 Å². The molecule has 4 atom stereocenters. The van der Waals surface area contributed by atoms with E-state index in [0.717, 1.165) is 4.57 Å². The summed E-state index contributed by atoms with van der Waals surface area (Å²) in [5, 5.41) is 10.7. The van der Waals surface area contributed by atoms with Crippen molar-refractivity contribution in [2.75, 3.05) is 13.7 Å². The smallest absolute Gasteiger partial charge is 0.330 e. The maximum absolute atomic E-state index is 11.8. The highest BCUT2D eigenvalue weighted by atomic mass is 16.6. The molecule has 20 heavy (non-hydrogen) atoms. The zero-order valence-electron chi connectivity index (χ0n) is 11.4. The molecule has 0 aliphatic carbocycles. The number of nitrogens with one attached hydrogen (secondary N) is 1. The molecule has 7 heteroatoms. The highest BCUT2D eigenvalue weighted by Crippen LogP contribution is 2.42. The van der Waals surface area contributed by atoms with Crippen LogP contribution in [0.5, 0.6) is 0 Å². The van der Waals surface area contributed by atoms with Crippen LogP contribution in [0.25, 0.3) is 0 Å². The van der Waals surface area contributed by atoms with E-state index in [4.69, 9.17) is 9.47 Å². The van der Waals surface area contributed by atoms with Crippen molar-refractivity contribution in [2.45, 2.75) is 24.9 Å². The Morgan fingerprint density at radius 1 is 1.65 bits per heavy atom. The molecule has 0 aromatic carbocycles. The summed E-state index contributed by atoms with van der Waals surface area (Å²) in [6, 6.07) is 1.20. The van der Waals surface area contributed by atoms with Crippen LogP contribution in [0, 0.1) is 5.92 Å². The molecule has 1 aliphatic heterocycles. The number of hydrogen-bond acceptors (Lipinski definition) is 5. The fourth-order valence-corrected chi connectivity index (χ4v) is 2.59. The lowest BCUT2D eigenvalue weighted by atomic mass is 9.86. The van der Waals surface area contributed by atoms with Crippen LogP contribution in [0.15, 0.2) is 34.5 Å². The summed E-state index contributed by atoms with van der Waals surface area (Å²) in [4.78, 5) is 25.1. The number of aromatic amines is 1. The van der Waals surface area contributed by atoms with Gasteiger partial charge in [0.15, 0.2) is 6.23 Å². The van der Waals surface area contributed by atoms with Crippen LogP contribution in [0.2, 0.25) is 0 Å². The highest BCUT2D eigenvalue weighted by Gasteiger charge is 2.52. The zero-order chi connectivity index (χ0) is 14.9. The molecule has 7 nitrogen and oxygen atoms in total. The van der Waals surface area contributed by atoms with Crippen LogP contribution in [-0.4, -0.2) is 40.1 Å². The number of H-pyrrole nitrogens is 1. The predicted molar refractivity (Wildman–Crippen MR) is 71.4 cm³/mol. The lowest BCUT2D eigenvalue weighted by Crippen LogP contribution is -2.43. The third-order valence-corrected chi connectivity index (χ3v) is 3.57. The van der Waals surface area contributed by atoms with E-state index in [1.807, 2.05) is 0 Å². The summed E-state index contributed by atoms with van der Waals surface area (Å²) < 4.78 is 11.9. The number of methoxy groups -OCH3 is 1. The largest absolute Gasteiger partial charge is 0.385 e. The van der Waals surface area contributed by atoms with E-state index in [9.17, 15) is 14.7 Å². The van der Waals surface area contributed by atoms with Crippen LogP contribution < -0.4 is 11.2 Å². The first-order valence-electron chi connectivity index (χ1n) is 6.22. The predicted octanol–water partition coefficient (Wildman–Crippen LogP) is -0.366. The van der Waals surface area contributed by atoms with Gasteiger partial charge < -0.3 is 14.6 Å². The molecular formula is C13H18N2O5. The van der Waals surface area contributed by atoms with Crippen molar-refractivity contribution in [1.82, 2.24) is 9.55 Å². The molecule has 1 aromatic rings. The topological polar surface area (TPSA) is 93.5 Å². The molecule has 2 rings (SSSR count). The Morgan fingerprint density at radius 2 is 2.35 bits per heavy atom. The molecule has 1 aromatic heterocycles. The van der Waals surface area contributed by atoms with E-state index in [0.29, 0.717) is 0 Å². The van der Waals surface area contributed by atoms with Gasteiger partial charge in [-0.3, -0.25) is 14.3 Å². The summed E-state index contributed by atoms with van der Waals surface area (Å²) in [7, 11) is 1.53. The van der Waals surface area contributed by atoms with Crippen LogP contribution in [0.4, 0.5) is 0 Å². The Balaban J connectivity index is 2.43. The van der Waals surface area contributed by atoms with Crippen LogP contribution >= 0.6 is 0 Å². The Bertz CT molecular complexity index is 603. The molecule has 1 aliphatic rings. The maximum Gasteiger partial charge on any atom is 0.330 e. The van der Waals surface area contributed by atoms with Crippen molar-refractivity contribution in [3.8, 4) is 0 Å². The quantitative estimate of drug-likeness (QED) is 0.735. The third kappa shape index (κ3) is 2.35. The number of hydrogen-bond donors (Lipinski definition) is 2. The van der Waals surface area contributed by atoms with E-state index >= 15 is 0 Å². The normalized spacial score (nSPS) is 33.2. The van der Waals surface area contributed by atoms with Crippen molar-refractivity contribution >= 4 is 0 Å². The monoisotopic (exact) mass is 282 g/mol. The minimum Gasteiger partial charge on any atom is -0.385 e. The highest BCUT2D eigenvalue weighted by molar-refractivity contribution is 5.06. The molecule has 2 heterocycles. The second kappa shape index (κ2) is 5.35. The summed E-state index contributed by atoms with van der Waals surface area (Å²) in [5.74, 6) is -0.397. The van der Waals surface area contributed by atoms with Gasteiger partial charge in [-0.1, -0.05) is 6.08 Å². The Kier molecular flexibility index (Phi) is 3.94. The van der Waals surface area contributed by atoms with E-state index in [-0.39, 0.29) is 6.61 Å². The van der Waals surface area contributed by atoms with E-state index in [1.54, 1.807) is 13.0 Å². The average Bonchev–Trinajstić information content (AvgIpc) is 2.61. The summed E-state index contributed by atoms with van der Waals surface area (Å²) in [6.45, 7) is 5.53. The van der Waals surface area contributed by atoms with Crippen molar-refractivity contribution in [3.05, 3.63) is 45.8 Å². The molecule has 0 radical (unpaired) electrons. The maximum atomic E-state index is 11.8. The van der Waals surface area contributed by atoms with Crippen LogP contribution in [-0.2, 0) is 9.47 Å². The zero-order valence-corrected chi connectivity index (χ0v) is 11.4. The lowest BCUT2D eigenvalue weighted by Gasteiger charge is -2.28. The standard InChI is InChI=1S/C13H18N2O5/c1-4-8-9(7-19-3)20-11(13(8,2)18)15-6-5-10(16)14-12(15)17/h4-6,8-9,11,18H,1,7H2,2-3H3,(H,14,16,17)/t8-,9-,11-,13-/m1/s1. The molecule has 0 amide bonds. The third-order valence-electron chi connectivity index (χ3n) is 3.57. The van der Waals surface area contributed by atoms with Gasteiger partial charge in [-0.25, -0.2) is 4.79 Å². The summed E-state index contributed by atoms with van der Waals surface area (Å²) in [5.41, 5.74) is -2.48. The Labute approximate surface area is 115 Å². The SMILES string of the molecule is C=C[C@@H]1[C@@H](COC)O[C@@H](n2ccc(=O)[nH]c2=O)[C@]1(C)O. The molecular weight excluding hydrogens is 264 g/mol. The van der Waals surface area contributed by atoms with Gasteiger partial charge in [-0.05, 0) is 6.92 Å². The van der Waals surface area contributed by atoms with Gasteiger partial charge >= 0.3 is 5.69 Å². The molecule has 0 spiro atoms. The first-order valence-corrected chi connectivity index (χ1v) is 6.22. The van der Waals surface area contributed by atoms with E-state index < -0.39 is 35.1 Å². The second-order valence-corrected chi connectivity index (χ2v) is 4.99. The van der Waals surface area contributed by atoms with Crippen LogP contribution in [0.1, 0.15) is 13.2 Å². The minimum atomic E-state index is -1.34. The van der Waals surface area contributed by atoms with Crippen molar-refractivity contribution < 1.29 is 14.6 Å². The molecule has 1 saturated heterocycles. The molecule has 2 N–H and O–H groups in total. The molecule has 0 saturated carbocycles. The van der Waals surface area contributed by atoms with Crippen molar-refractivity contribution in [1.29, 1.82) is 0 Å². The van der Waals surface area contributed by atoms with E-state index in [2.05, 4.69) is 11.6 Å². The number of aliphatic hydroxyl groups is 1. The second-order valence-electron chi connectivity index (χ2n) is 4.99. The minimum absolute atomic E-state index is 0.265. The summed E-state index contributed by atoms with van der Waals surface area (Å²) in [6.07, 6.45) is 1.54.